The molecule has 2 aliphatic rings. The number of aliphatic hydroxyl groups excluding tert-OH is 2. The highest BCUT2D eigenvalue weighted by Crippen LogP contribution is 2.62. The molecule has 1 aromatic carbocycles. The first kappa shape index (κ1) is 28.5. The van der Waals surface area contributed by atoms with Crippen molar-refractivity contribution in [3.05, 3.63) is 40.4 Å². The van der Waals surface area contributed by atoms with Crippen LogP contribution in [0.1, 0.15) is 69.0 Å². The number of anilines is 1. The number of amides is 2. The number of thiazole rings is 1. The van der Waals surface area contributed by atoms with E-state index in [-0.39, 0.29) is 42.1 Å². The quantitative estimate of drug-likeness (QED) is 0.441. The second-order valence-corrected chi connectivity index (χ2v) is 12.3. The van der Waals surface area contributed by atoms with Gasteiger partial charge in [0.1, 0.15) is 5.75 Å². The summed E-state index contributed by atoms with van der Waals surface area (Å²) in [5, 5.41) is 24.9. The highest BCUT2D eigenvalue weighted by Gasteiger charge is 2.59. The van der Waals surface area contributed by atoms with Crippen molar-refractivity contribution in [1.82, 2.24) is 9.88 Å². The van der Waals surface area contributed by atoms with Crippen LogP contribution in [0.15, 0.2) is 24.3 Å². The maximum atomic E-state index is 13.4. The van der Waals surface area contributed by atoms with Crippen molar-refractivity contribution in [2.75, 3.05) is 32.1 Å². The highest BCUT2D eigenvalue weighted by molar-refractivity contribution is 7.15. The van der Waals surface area contributed by atoms with Crippen molar-refractivity contribution in [1.29, 1.82) is 0 Å². The molecule has 1 fully saturated rings. The number of aromatic nitrogens is 1. The fourth-order valence-corrected chi connectivity index (χ4v) is 7.76. The first-order chi connectivity index (χ1) is 18.1. The number of hydrogen-bond donors (Lipinski definition) is 3. The average Bonchev–Trinajstić information content (AvgIpc) is 3.30. The molecule has 1 heterocycles. The predicted octanol–water partition coefficient (Wildman–Crippen LogP) is 4.01. The van der Waals surface area contributed by atoms with Crippen molar-refractivity contribution in [2.24, 2.45) is 16.7 Å². The lowest BCUT2D eigenvalue weighted by atomic mass is 9.47. The van der Waals surface area contributed by atoms with Crippen LogP contribution in [0.4, 0.5) is 5.13 Å². The standard InChI is InChI=1S/C29H41N3O5S/c1-6-32(7-2)25(36)15-20-26-21(16-22-28(20,3)13-12-23(34)29(22,4)17-33)38-27(31-26)30-24(35)14-18-8-10-19(37-5)11-9-18/h8-11,20,22-23,33-34H,6-7,12-17H2,1-5H3,(H,30,31,35). The molecule has 208 valence electrons. The number of nitrogens with zero attached hydrogens (tertiary/aromatic N) is 2. The van der Waals surface area contributed by atoms with Gasteiger partial charge < -0.3 is 25.2 Å². The Hall–Kier alpha value is -2.49. The van der Waals surface area contributed by atoms with Gasteiger partial charge in [0.2, 0.25) is 11.8 Å². The minimum atomic E-state index is -0.678. The van der Waals surface area contributed by atoms with Gasteiger partial charge in [-0.05, 0) is 62.1 Å². The summed E-state index contributed by atoms with van der Waals surface area (Å²) in [4.78, 5) is 34.0. The summed E-state index contributed by atoms with van der Waals surface area (Å²) in [7, 11) is 1.61. The zero-order valence-electron chi connectivity index (χ0n) is 23.1. The lowest BCUT2D eigenvalue weighted by molar-refractivity contribution is -0.147. The van der Waals surface area contributed by atoms with Crippen LogP contribution >= 0.6 is 11.3 Å². The molecule has 9 heteroatoms. The third-order valence-corrected chi connectivity index (χ3v) is 10.2. The summed E-state index contributed by atoms with van der Waals surface area (Å²) in [6.07, 6.45) is 1.91. The van der Waals surface area contributed by atoms with E-state index < -0.39 is 11.5 Å². The number of benzene rings is 1. The lowest BCUT2D eigenvalue weighted by Crippen LogP contribution is -2.57. The number of hydrogen-bond acceptors (Lipinski definition) is 7. The van der Waals surface area contributed by atoms with E-state index in [0.717, 1.165) is 28.3 Å². The SMILES string of the molecule is CCN(CC)C(=O)CC1c2nc(NC(=O)Cc3ccc(OC)cc3)sc2CC2C(C)(CO)C(O)CCC12C. The number of methoxy groups -OCH3 is 1. The minimum absolute atomic E-state index is 0.0194. The summed E-state index contributed by atoms with van der Waals surface area (Å²) >= 11 is 1.45. The van der Waals surface area contributed by atoms with Crippen molar-refractivity contribution >= 4 is 28.3 Å². The van der Waals surface area contributed by atoms with Crippen molar-refractivity contribution in [3.63, 3.8) is 0 Å². The van der Waals surface area contributed by atoms with Gasteiger partial charge in [0.15, 0.2) is 5.13 Å². The number of ether oxygens (including phenoxy) is 1. The third kappa shape index (κ3) is 5.20. The molecule has 1 aromatic heterocycles. The highest BCUT2D eigenvalue weighted by atomic mass is 32.1. The molecule has 5 unspecified atom stereocenters. The van der Waals surface area contributed by atoms with Crippen LogP contribution < -0.4 is 10.1 Å². The zero-order chi connectivity index (χ0) is 27.7. The molecule has 0 saturated heterocycles. The molecule has 1 saturated carbocycles. The van der Waals surface area contributed by atoms with Gasteiger partial charge in [-0.2, -0.15) is 0 Å². The van der Waals surface area contributed by atoms with E-state index in [1.165, 1.54) is 11.3 Å². The van der Waals surface area contributed by atoms with Crippen LogP contribution in [0.3, 0.4) is 0 Å². The number of carbonyl (C=O) groups is 2. The molecular weight excluding hydrogens is 502 g/mol. The van der Waals surface area contributed by atoms with E-state index in [1.807, 2.05) is 49.9 Å². The molecule has 4 rings (SSSR count). The van der Waals surface area contributed by atoms with Gasteiger partial charge in [0, 0.05) is 35.7 Å². The summed E-state index contributed by atoms with van der Waals surface area (Å²) < 4.78 is 5.19. The van der Waals surface area contributed by atoms with Gasteiger partial charge in [-0.25, -0.2) is 4.98 Å². The van der Waals surface area contributed by atoms with Crippen LogP contribution in [0.25, 0.3) is 0 Å². The predicted molar refractivity (Wildman–Crippen MR) is 148 cm³/mol. The molecule has 0 spiro atoms. The van der Waals surface area contributed by atoms with Gasteiger partial charge in [-0.1, -0.05) is 26.0 Å². The van der Waals surface area contributed by atoms with Gasteiger partial charge in [0.25, 0.3) is 0 Å². The van der Waals surface area contributed by atoms with Crippen molar-refractivity contribution in [3.8, 4) is 5.75 Å². The second kappa shape index (κ2) is 11.3. The molecule has 2 aromatic rings. The van der Waals surface area contributed by atoms with Crippen LogP contribution in [0.5, 0.6) is 5.75 Å². The van der Waals surface area contributed by atoms with Gasteiger partial charge >= 0.3 is 0 Å². The van der Waals surface area contributed by atoms with Crippen LogP contribution in [-0.2, 0) is 22.4 Å². The first-order valence-electron chi connectivity index (χ1n) is 13.6. The van der Waals surface area contributed by atoms with Crippen LogP contribution in [0, 0.1) is 16.7 Å². The summed E-state index contributed by atoms with van der Waals surface area (Å²) in [6, 6.07) is 7.40. The maximum Gasteiger partial charge on any atom is 0.230 e. The largest absolute Gasteiger partial charge is 0.497 e. The van der Waals surface area contributed by atoms with E-state index in [1.54, 1.807) is 7.11 Å². The Kier molecular flexibility index (Phi) is 8.49. The Morgan fingerprint density at radius 1 is 1.21 bits per heavy atom. The maximum absolute atomic E-state index is 13.4. The fourth-order valence-electron chi connectivity index (χ4n) is 6.67. The van der Waals surface area contributed by atoms with E-state index >= 15 is 0 Å². The fraction of sp³-hybridized carbons (Fsp3) is 0.621. The monoisotopic (exact) mass is 543 g/mol. The molecule has 2 amide bonds. The lowest BCUT2D eigenvalue weighted by Gasteiger charge is -2.58. The molecule has 3 N–H and O–H groups in total. The molecule has 8 nitrogen and oxygen atoms in total. The third-order valence-electron chi connectivity index (χ3n) is 9.16. The van der Waals surface area contributed by atoms with E-state index in [4.69, 9.17) is 9.72 Å². The molecule has 38 heavy (non-hydrogen) atoms. The number of fused-ring (bicyclic) bond motifs is 2. The second-order valence-electron chi connectivity index (χ2n) is 11.2. The Bertz CT molecular complexity index is 1150. The van der Waals surface area contributed by atoms with Crippen LogP contribution in [0.2, 0.25) is 0 Å². The van der Waals surface area contributed by atoms with E-state index in [2.05, 4.69) is 12.2 Å². The number of aliphatic hydroxyl groups is 2. The van der Waals surface area contributed by atoms with Crippen LogP contribution in [-0.4, -0.2) is 64.8 Å². The Labute approximate surface area is 229 Å². The van der Waals surface area contributed by atoms with Crippen molar-refractivity contribution in [2.45, 2.75) is 71.8 Å². The minimum Gasteiger partial charge on any atom is -0.497 e. The normalized spacial score (nSPS) is 28.2. The van der Waals surface area contributed by atoms with Gasteiger partial charge in [-0.3, -0.25) is 9.59 Å². The average molecular weight is 544 g/mol. The van der Waals surface area contributed by atoms with E-state index in [9.17, 15) is 19.8 Å². The molecular formula is C29H41N3O5S. The van der Waals surface area contributed by atoms with E-state index in [0.29, 0.717) is 37.5 Å². The summed E-state index contributed by atoms with van der Waals surface area (Å²) in [5.74, 6) is 0.487. The number of carbonyl (C=O) groups excluding carboxylic acids is 2. The smallest absolute Gasteiger partial charge is 0.230 e. The molecule has 0 radical (unpaired) electrons. The van der Waals surface area contributed by atoms with Gasteiger partial charge in [-0.15, -0.1) is 11.3 Å². The molecule has 0 bridgehead atoms. The topological polar surface area (TPSA) is 112 Å². The Morgan fingerprint density at radius 2 is 1.89 bits per heavy atom. The summed E-state index contributed by atoms with van der Waals surface area (Å²) in [6.45, 7) is 9.30. The molecule has 2 aliphatic carbocycles. The van der Waals surface area contributed by atoms with Gasteiger partial charge in [0.05, 0.1) is 31.9 Å². The zero-order valence-corrected chi connectivity index (χ0v) is 23.9. The number of rotatable bonds is 9. The van der Waals surface area contributed by atoms with Crippen molar-refractivity contribution < 1.29 is 24.5 Å². The Morgan fingerprint density at radius 3 is 2.50 bits per heavy atom. The number of nitrogens with one attached hydrogen (secondary N) is 1. The summed E-state index contributed by atoms with van der Waals surface area (Å²) in [5.41, 5.74) is 0.762. The Balaban J connectivity index is 1.64. The first-order valence-corrected chi connectivity index (χ1v) is 14.4. The molecule has 0 aliphatic heterocycles. The molecule has 5 atom stereocenters.